The van der Waals surface area contributed by atoms with Gasteiger partial charge in [-0.3, -0.25) is 9.59 Å². The van der Waals surface area contributed by atoms with Crippen molar-refractivity contribution >= 4 is 28.5 Å². The minimum absolute atomic E-state index is 0.0183. The van der Waals surface area contributed by atoms with Crippen molar-refractivity contribution in [3.05, 3.63) is 59.9 Å². The second-order valence-corrected chi connectivity index (χ2v) is 7.27. The number of amides is 2. The summed E-state index contributed by atoms with van der Waals surface area (Å²) in [6.45, 7) is 2.21. The zero-order chi connectivity index (χ0) is 20.2. The van der Waals surface area contributed by atoms with Crippen molar-refractivity contribution in [2.45, 2.75) is 38.3 Å². The van der Waals surface area contributed by atoms with Crippen molar-refractivity contribution in [3.8, 4) is 0 Å². The van der Waals surface area contributed by atoms with Crippen molar-refractivity contribution in [1.29, 1.82) is 0 Å². The summed E-state index contributed by atoms with van der Waals surface area (Å²) in [6, 6.07) is 14.7. The topological polar surface area (TPSA) is 96.1 Å². The average Bonchev–Trinajstić information content (AvgIpc) is 3.37. The minimum Gasteiger partial charge on any atom is -0.370 e. The molecule has 0 aliphatic carbocycles. The van der Waals surface area contributed by atoms with Gasteiger partial charge >= 0.3 is 0 Å². The van der Waals surface area contributed by atoms with Gasteiger partial charge in [0.05, 0.1) is 23.5 Å². The molecule has 2 atom stereocenters. The number of aromatic amines is 1. The molecule has 2 unspecified atom stereocenters. The van der Waals surface area contributed by atoms with Gasteiger partial charge in [-0.2, -0.15) is 0 Å². The Morgan fingerprint density at radius 1 is 1.24 bits per heavy atom. The molecule has 2 heterocycles. The van der Waals surface area contributed by atoms with Crippen LogP contribution in [0.15, 0.2) is 48.5 Å². The molecule has 1 fully saturated rings. The molecule has 7 nitrogen and oxygen atoms in total. The number of fused-ring (bicyclic) bond motifs is 1. The molecule has 1 aromatic heterocycles. The lowest BCUT2D eigenvalue weighted by atomic mass is 10.0. The largest absolute Gasteiger partial charge is 0.370 e. The van der Waals surface area contributed by atoms with Crippen molar-refractivity contribution in [1.82, 2.24) is 15.3 Å². The number of aromatic nitrogens is 2. The van der Waals surface area contributed by atoms with E-state index in [0.29, 0.717) is 5.69 Å². The maximum Gasteiger partial charge on any atom is 0.226 e. The van der Waals surface area contributed by atoms with Crippen LogP contribution in [0.1, 0.15) is 49.7 Å². The SMILES string of the molecule is CC(=O)NC(CC(=O)Nc1ccc2nc(C3CCCO3)[nH]c2c1)c1ccccc1. The highest BCUT2D eigenvalue weighted by Crippen LogP contribution is 2.29. The fraction of sp³-hybridized carbons (Fsp3) is 0.318. The van der Waals surface area contributed by atoms with E-state index >= 15 is 0 Å². The van der Waals surface area contributed by atoms with Crippen molar-refractivity contribution in [2.24, 2.45) is 0 Å². The molecule has 0 saturated carbocycles. The Morgan fingerprint density at radius 3 is 2.79 bits per heavy atom. The number of carbonyl (C=O) groups is 2. The Balaban J connectivity index is 1.46. The van der Waals surface area contributed by atoms with E-state index in [0.717, 1.165) is 41.9 Å². The fourth-order valence-electron chi connectivity index (χ4n) is 3.63. The van der Waals surface area contributed by atoms with Gasteiger partial charge in [0.1, 0.15) is 11.9 Å². The first kappa shape index (κ1) is 19.1. The van der Waals surface area contributed by atoms with E-state index in [2.05, 4.69) is 20.6 Å². The number of benzene rings is 2. The summed E-state index contributed by atoms with van der Waals surface area (Å²) >= 11 is 0. The normalized spacial score (nSPS) is 17.2. The Kier molecular flexibility index (Phi) is 5.57. The van der Waals surface area contributed by atoms with Crippen molar-refractivity contribution < 1.29 is 14.3 Å². The highest BCUT2D eigenvalue weighted by atomic mass is 16.5. The van der Waals surface area contributed by atoms with Crippen LogP contribution in [0.25, 0.3) is 11.0 Å². The van der Waals surface area contributed by atoms with Gasteiger partial charge < -0.3 is 20.4 Å². The zero-order valence-corrected chi connectivity index (χ0v) is 16.3. The zero-order valence-electron chi connectivity index (χ0n) is 16.3. The highest BCUT2D eigenvalue weighted by Gasteiger charge is 2.21. The lowest BCUT2D eigenvalue weighted by Gasteiger charge is -2.18. The van der Waals surface area contributed by atoms with Gasteiger partial charge in [-0.1, -0.05) is 30.3 Å². The predicted octanol–water partition coefficient (Wildman–Crippen LogP) is 3.62. The van der Waals surface area contributed by atoms with E-state index in [1.54, 1.807) is 0 Å². The number of rotatable bonds is 6. The number of hydrogen-bond acceptors (Lipinski definition) is 4. The Hall–Kier alpha value is -3.19. The van der Waals surface area contributed by atoms with Gasteiger partial charge in [-0.25, -0.2) is 4.98 Å². The molecule has 0 radical (unpaired) electrons. The van der Waals surface area contributed by atoms with Gasteiger partial charge in [0, 0.05) is 19.2 Å². The Bertz CT molecular complexity index is 1010. The molecule has 29 heavy (non-hydrogen) atoms. The molecule has 2 aromatic carbocycles. The van der Waals surface area contributed by atoms with E-state index in [4.69, 9.17) is 4.74 Å². The number of carbonyl (C=O) groups excluding carboxylic acids is 2. The first-order valence-electron chi connectivity index (χ1n) is 9.81. The smallest absolute Gasteiger partial charge is 0.226 e. The number of anilines is 1. The van der Waals surface area contributed by atoms with E-state index in [9.17, 15) is 9.59 Å². The molecule has 0 spiro atoms. The van der Waals surface area contributed by atoms with Crippen LogP contribution in [0.5, 0.6) is 0 Å². The molecule has 0 bridgehead atoms. The van der Waals surface area contributed by atoms with Crippen LogP contribution >= 0.6 is 0 Å². The minimum atomic E-state index is -0.379. The van der Waals surface area contributed by atoms with E-state index in [1.165, 1.54) is 6.92 Å². The van der Waals surface area contributed by atoms with Gasteiger partial charge in [-0.15, -0.1) is 0 Å². The van der Waals surface area contributed by atoms with Gasteiger partial charge in [0.2, 0.25) is 11.8 Å². The van der Waals surface area contributed by atoms with Crippen LogP contribution in [0.2, 0.25) is 0 Å². The number of hydrogen-bond donors (Lipinski definition) is 3. The number of ether oxygens (including phenoxy) is 1. The van der Waals surface area contributed by atoms with Crippen LogP contribution < -0.4 is 10.6 Å². The molecule has 4 rings (SSSR count). The van der Waals surface area contributed by atoms with Crippen molar-refractivity contribution in [3.63, 3.8) is 0 Å². The second kappa shape index (κ2) is 8.45. The van der Waals surface area contributed by atoms with E-state index < -0.39 is 0 Å². The Morgan fingerprint density at radius 2 is 2.07 bits per heavy atom. The summed E-state index contributed by atoms with van der Waals surface area (Å²) in [5, 5.41) is 5.76. The van der Waals surface area contributed by atoms with Gasteiger partial charge in [0.25, 0.3) is 0 Å². The van der Waals surface area contributed by atoms with E-state index in [1.807, 2.05) is 48.5 Å². The summed E-state index contributed by atoms with van der Waals surface area (Å²) in [6.07, 6.45) is 2.17. The van der Waals surface area contributed by atoms with Crippen molar-refractivity contribution in [2.75, 3.05) is 11.9 Å². The molecule has 3 N–H and O–H groups in total. The van der Waals surface area contributed by atoms with Gasteiger partial charge in [-0.05, 0) is 36.6 Å². The predicted molar refractivity (Wildman–Crippen MR) is 110 cm³/mol. The summed E-state index contributed by atoms with van der Waals surface area (Å²) < 4.78 is 5.68. The molecule has 1 aliphatic rings. The summed E-state index contributed by atoms with van der Waals surface area (Å²) in [5.74, 6) is 0.480. The van der Waals surface area contributed by atoms with Gasteiger partial charge in [0.15, 0.2) is 0 Å². The van der Waals surface area contributed by atoms with Crippen LogP contribution in [-0.4, -0.2) is 28.4 Å². The highest BCUT2D eigenvalue weighted by molar-refractivity contribution is 5.93. The monoisotopic (exact) mass is 392 g/mol. The van der Waals surface area contributed by atoms with E-state index in [-0.39, 0.29) is 30.4 Å². The van der Waals surface area contributed by atoms with Crippen LogP contribution in [0.3, 0.4) is 0 Å². The first-order valence-corrected chi connectivity index (χ1v) is 9.81. The average molecular weight is 392 g/mol. The maximum atomic E-state index is 12.6. The Labute approximate surface area is 168 Å². The fourth-order valence-corrected chi connectivity index (χ4v) is 3.63. The summed E-state index contributed by atoms with van der Waals surface area (Å²) in [4.78, 5) is 32.1. The van der Waals surface area contributed by atoms with Crippen LogP contribution in [0.4, 0.5) is 5.69 Å². The number of imidazole rings is 1. The number of nitrogens with zero attached hydrogens (tertiary/aromatic N) is 1. The third kappa shape index (κ3) is 4.63. The molecule has 2 amide bonds. The maximum absolute atomic E-state index is 12.6. The third-order valence-electron chi connectivity index (χ3n) is 4.99. The van der Waals surface area contributed by atoms with Crippen LogP contribution in [-0.2, 0) is 14.3 Å². The summed E-state index contributed by atoms with van der Waals surface area (Å²) in [5.41, 5.74) is 3.27. The number of nitrogens with one attached hydrogen (secondary N) is 3. The molecular formula is C22H24N4O3. The molecular weight excluding hydrogens is 368 g/mol. The molecule has 1 aliphatic heterocycles. The number of H-pyrrole nitrogens is 1. The molecule has 150 valence electrons. The van der Waals surface area contributed by atoms with Crippen LogP contribution in [0, 0.1) is 0 Å². The third-order valence-corrected chi connectivity index (χ3v) is 4.99. The second-order valence-electron chi connectivity index (χ2n) is 7.27. The first-order chi connectivity index (χ1) is 14.1. The molecule has 3 aromatic rings. The lowest BCUT2D eigenvalue weighted by molar-refractivity contribution is -0.120. The lowest BCUT2D eigenvalue weighted by Crippen LogP contribution is -2.29. The molecule has 1 saturated heterocycles. The molecule has 7 heteroatoms. The quantitative estimate of drug-likeness (QED) is 0.597. The standard InChI is InChI=1S/C22H24N4O3/c1-14(27)23-18(15-6-3-2-4-7-15)13-21(28)24-16-9-10-17-19(12-16)26-22(25-17)20-8-5-11-29-20/h2-4,6-7,9-10,12,18,20H,5,8,11,13H2,1H3,(H,23,27)(H,24,28)(H,25,26). The summed E-state index contributed by atoms with van der Waals surface area (Å²) in [7, 11) is 0.